The molecule has 0 saturated carbocycles. The molecule has 0 spiro atoms. The monoisotopic (exact) mass is 585 g/mol. The van der Waals surface area contributed by atoms with Gasteiger partial charge in [0.2, 0.25) is 11.8 Å². The van der Waals surface area contributed by atoms with Gasteiger partial charge in [0.25, 0.3) is 5.91 Å². The smallest absolute Gasteiger partial charge is 0.256 e. The van der Waals surface area contributed by atoms with Crippen LogP contribution in [0.3, 0.4) is 0 Å². The second-order valence-corrected chi connectivity index (χ2v) is 10.9. The minimum atomic E-state index is -0.726. The van der Waals surface area contributed by atoms with Crippen LogP contribution < -0.4 is 20.7 Å². The van der Waals surface area contributed by atoms with E-state index in [4.69, 9.17) is 34.3 Å². The molecule has 0 aliphatic carbocycles. The first-order valence-corrected chi connectivity index (χ1v) is 14.5. The summed E-state index contributed by atoms with van der Waals surface area (Å²) in [5.41, 5.74) is 6.70. The third kappa shape index (κ3) is 7.50. The summed E-state index contributed by atoms with van der Waals surface area (Å²) < 4.78 is 5.60. The molecule has 214 valence electrons. The summed E-state index contributed by atoms with van der Waals surface area (Å²) in [5.74, 6) is -0.0756. The third-order valence-corrected chi connectivity index (χ3v) is 7.93. The molecule has 2 aromatic carbocycles. The van der Waals surface area contributed by atoms with Crippen LogP contribution in [-0.4, -0.2) is 71.5 Å². The van der Waals surface area contributed by atoms with Gasteiger partial charge in [-0.25, -0.2) is 0 Å². The summed E-state index contributed by atoms with van der Waals surface area (Å²) in [4.78, 5) is 43.8. The number of primary amides is 1. The lowest BCUT2D eigenvalue weighted by Crippen LogP contribution is -2.41. The Morgan fingerprint density at radius 1 is 1.07 bits per heavy atom. The molecule has 2 heterocycles. The van der Waals surface area contributed by atoms with Crippen LogP contribution in [0.2, 0.25) is 5.02 Å². The highest BCUT2D eigenvalue weighted by molar-refractivity contribution is 7.80. The summed E-state index contributed by atoms with van der Waals surface area (Å²) >= 11 is 11.8. The third-order valence-electron chi connectivity index (χ3n) is 7.26. The first-order valence-electron chi connectivity index (χ1n) is 13.7. The fourth-order valence-corrected chi connectivity index (χ4v) is 5.60. The number of carbonyl (C=O) groups excluding carboxylic acids is 3. The molecule has 3 amide bonds. The van der Waals surface area contributed by atoms with Crippen LogP contribution in [0.5, 0.6) is 5.75 Å². The van der Waals surface area contributed by atoms with Gasteiger partial charge >= 0.3 is 0 Å². The molecule has 4 rings (SSSR count). The van der Waals surface area contributed by atoms with Crippen LogP contribution in [0.15, 0.2) is 48.5 Å². The number of hydrogen-bond acceptors (Lipinski definition) is 6. The molecule has 2 fully saturated rings. The van der Waals surface area contributed by atoms with E-state index in [1.54, 1.807) is 36.4 Å². The highest BCUT2D eigenvalue weighted by atomic mass is 35.5. The molecule has 2 aromatic rings. The van der Waals surface area contributed by atoms with E-state index in [1.165, 1.54) is 4.90 Å². The Morgan fingerprint density at radius 3 is 2.38 bits per heavy atom. The highest BCUT2D eigenvalue weighted by Gasteiger charge is 2.44. The molecule has 11 heteroatoms. The molecule has 0 aromatic heterocycles. The molecule has 0 bridgehead atoms. The molecular formula is C29H36ClN5O4S. The molecule has 2 aliphatic heterocycles. The molecule has 0 unspecified atom stereocenters. The number of halogens is 1. The van der Waals surface area contributed by atoms with Gasteiger partial charge in [-0.3, -0.25) is 19.3 Å². The number of rotatable bonds is 12. The number of hydrogen-bond donors (Lipinski definition) is 2. The van der Waals surface area contributed by atoms with Crippen molar-refractivity contribution in [1.82, 2.24) is 9.80 Å². The van der Waals surface area contributed by atoms with Crippen molar-refractivity contribution in [2.75, 3.05) is 43.0 Å². The maximum Gasteiger partial charge on any atom is 0.256 e. The van der Waals surface area contributed by atoms with E-state index >= 15 is 0 Å². The lowest BCUT2D eigenvalue weighted by Gasteiger charge is -2.31. The first-order chi connectivity index (χ1) is 19.3. The fraction of sp³-hybridized carbons (Fsp3) is 0.448. The number of anilines is 2. The van der Waals surface area contributed by atoms with Crippen molar-refractivity contribution in [3.05, 3.63) is 53.6 Å². The average Bonchev–Trinajstić information content (AvgIpc) is 3.17. The standard InChI is InChI=1S/C29H36ClN5O4S/c1-2-18-39-24-10-6-22(7-11-24)32-26(36)19-25-28(38)35(23-8-4-21(30)5-9-23)29(40)34(25)15-3-14-33-16-12-20(13-17-33)27(31)37/h4-11,20,25H,2-3,12-19H2,1H3,(H2,31,37)(H,32,36)/t25-/m0/s1. The Bertz CT molecular complexity index is 1200. The number of ether oxygens (including phenoxy) is 1. The van der Waals surface area contributed by atoms with Gasteiger partial charge in [0.1, 0.15) is 11.8 Å². The summed E-state index contributed by atoms with van der Waals surface area (Å²) in [6.45, 7) is 5.60. The van der Waals surface area contributed by atoms with Crippen LogP contribution in [-0.2, 0) is 14.4 Å². The topological polar surface area (TPSA) is 108 Å². The minimum Gasteiger partial charge on any atom is -0.494 e. The number of likely N-dealkylation sites (tertiary alicyclic amines) is 1. The molecule has 2 saturated heterocycles. The number of piperidine rings is 1. The Morgan fingerprint density at radius 2 is 1.75 bits per heavy atom. The highest BCUT2D eigenvalue weighted by Crippen LogP contribution is 2.29. The Balaban J connectivity index is 1.41. The minimum absolute atomic E-state index is 0.0405. The summed E-state index contributed by atoms with van der Waals surface area (Å²) in [5, 5.41) is 3.82. The van der Waals surface area contributed by atoms with E-state index in [0.717, 1.165) is 51.1 Å². The lowest BCUT2D eigenvalue weighted by atomic mass is 9.96. The van der Waals surface area contributed by atoms with E-state index in [2.05, 4.69) is 10.2 Å². The van der Waals surface area contributed by atoms with E-state index in [0.29, 0.717) is 34.7 Å². The zero-order valence-electron chi connectivity index (χ0n) is 22.7. The number of carbonyl (C=O) groups is 3. The molecule has 0 radical (unpaired) electrons. The van der Waals surface area contributed by atoms with Gasteiger partial charge in [-0.1, -0.05) is 18.5 Å². The summed E-state index contributed by atoms with van der Waals surface area (Å²) in [6, 6.07) is 13.4. The van der Waals surface area contributed by atoms with Crippen LogP contribution in [0.25, 0.3) is 0 Å². The fourth-order valence-electron chi connectivity index (χ4n) is 5.06. The maximum absolute atomic E-state index is 13.6. The molecule has 1 atom stereocenters. The first kappa shape index (κ1) is 29.8. The largest absolute Gasteiger partial charge is 0.494 e. The number of nitrogens with one attached hydrogen (secondary N) is 1. The SMILES string of the molecule is CCCOc1ccc(NC(=O)C[C@H]2C(=O)N(c3ccc(Cl)cc3)C(=S)N2CCCN2CCC(C(N)=O)CC2)cc1. The van der Waals surface area contributed by atoms with Crippen molar-refractivity contribution < 1.29 is 19.1 Å². The number of amides is 3. The number of nitrogens with zero attached hydrogens (tertiary/aromatic N) is 3. The van der Waals surface area contributed by atoms with Crippen LogP contribution in [0, 0.1) is 5.92 Å². The quantitative estimate of drug-likeness (QED) is 0.362. The van der Waals surface area contributed by atoms with Crippen molar-refractivity contribution in [2.24, 2.45) is 11.7 Å². The van der Waals surface area contributed by atoms with Crippen molar-refractivity contribution in [2.45, 2.75) is 45.1 Å². The van der Waals surface area contributed by atoms with E-state index in [9.17, 15) is 14.4 Å². The van der Waals surface area contributed by atoms with Gasteiger partial charge in [-0.2, -0.15) is 0 Å². The predicted octanol–water partition coefficient (Wildman–Crippen LogP) is 4.05. The van der Waals surface area contributed by atoms with Gasteiger partial charge in [-0.05, 0) is 106 Å². The normalized spacial score (nSPS) is 18.3. The molecule has 3 N–H and O–H groups in total. The Labute approximate surface area is 245 Å². The van der Waals surface area contributed by atoms with Gasteiger partial charge in [0, 0.05) is 23.2 Å². The van der Waals surface area contributed by atoms with Gasteiger partial charge in [-0.15, -0.1) is 0 Å². The second-order valence-electron chi connectivity index (χ2n) is 10.1. The summed E-state index contributed by atoms with van der Waals surface area (Å²) in [6.07, 6.45) is 3.14. The number of thiocarbonyl (C=S) groups is 1. The molecule has 9 nitrogen and oxygen atoms in total. The van der Waals surface area contributed by atoms with E-state index in [-0.39, 0.29) is 30.1 Å². The van der Waals surface area contributed by atoms with Gasteiger partial charge in [0.15, 0.2) is 5.11 Å². The molecular weight excluding hydrogens is 550 g/mol. The Kier molecular flexibility index (Phi) is 10.4. The Hall–Kier alpha value is -3.21. The van der Waals surface area contributed by atoms with Gasteiger partial charge in [0.05, 0.1) is 18.7 Å². The second kappa shape index (κ2) is 13.9. The van der Waals surface area contributed by atoms with Crippen molar-refractivity contribution in [1.29, 1.82) is 0 Å². The molecule has 40 heavy (non-hydrogen) atoms. The number of benzene rings is 2. The van der Waals surface area contributed by atoms with Crippen LogP contribution in [0.4, 0.5) is 11.4 Å². The predicted molar refractivity (Wildman–Crippen MR) is 160 cm³/mol. The number of nitrogens with two attached hydrogens (primary N) is 1. The molecule has 2 aliphatic rings. The average molecular weight is 586 g/mol. The summed E-state index contributed by atoms with van der Waals surface area (Å²) in [7, 11) is 0. The maximum atomic E-state index is 13.6. The van der Waals surface area contributed by atoms with E-state index < -0.39 is 6.04 Å². The van der Waals surface area contributed by atoms with Crippen molar-refractivity contribution in [3.63, 3.8) is 0 Å². The van der Waals surface area contributed by atoms with Crippen LogP contribution in [0.1, 0.15) is 39.0 Å². The van der Waals surface area contributed by atoms with Crippen LogP contribution >= 0.6 is 23.8 Å². The zero-order chi connectivity index (χ0) is 28.6. The van der Waals surface area contributed by atoms with Crippen molar-refractivity contribution >= 4 is 58.0 Å². The van der Waals surface area contributed by atoms with Gasteiger partial charge < -0.3 is 25.6 Å². The van der Waals surface area contributed by atoms with E-state index in [1.807, 2.05) is 24.0 Å². The lowest BCUT2D eigenvalue weighted by molar-refractivity contribution is -0.124. The van der Waals surface area contributed by atoms with Crippen molar-refractivity contribution in [3.8, 4) is 5.75 Å². The zero-order valence-corrected chi connectivity index (χ0v) is 24.3.